The number of hydrogen-bond acceptors (Lipinski definition) is 2. The quantitative estimate of drug-likeness (QED) is 0.512. The summed E-state index contributed by atoms with van der Waals surface area (Å²) in [6.45, 7) is 7.35. The number of hydrogen-bond donors (Lipinski definition) is 2. The van der Waals surface area contributed by atoms with E-state index < -0.39 is 0 Å². The van der Waals surface area contributed by atoms with Crippen molar-refractivity contribution in [3.8, 4) is 0 Å². The van der Waals surface area contributed by atoms with Gasteiger partial charge in [-0.3, -0.25) is 4.79 Å². The van der Waals surface area contributed by atoms with Gasteiger partial charge in [-0.15, -0.1) is 6.58 Å². The molecule has 1 heterocycles. The highest BCUT2D eigenvalue weighted by Crippen LogP contribution is 2.22. The highest BCUT2D eigenvalue weighted by molar-refractivity contribution is 5.86. The van der Waals surface area contributed by atoms with Crippen LogP contribution in [-0.4, -0.2) is 24.5 Å². The lowest BCUT2D eigenvalue weighted by atomic mass is 9.93. The summed E-state index contributed by atoms with van der Waals surface area (Å²) in [5.74, 6) is 0.152. The van der Waals surface area contributed by atoms with Gasteiger partial charge in [0.05, 0.1) is 5.54 Å². The minimum Gasteiger partial charge on any atom is -0.354 e. The summed E-state index contributed by atoms with van der Waals surface area (Å²) in [5.41, 5.74) is -0.291. The lowest BCUT2D eigenvalue weighted by Gasteiger charge is -2.26. The van der Waals surface area contributed by atoms with E-state index in [0.29, 0.717) is 6.54 Å². The van der Waals surface area contributed by atoms with E-state index in [-0.39, 0.29) is 11.4 Å². The third-order valence-corrected chi connectivity index (χ3v) is 2.92. The van der Waals surface area contributed by atoms with E-state index in [4.69, 9.17) is 0 Å². The van der Waals surface area contributed by atoms with Crippen molar-refractivity contribution >= 4 is 5.91 Å². The Morgan fingerprint density at radius 2 is 2.50 bits per heavy atom. The summed E-state index contributed by atoms with van der Waals surface area (Å²) in [6, 6.07) is 0. The van der Waals surface area contributed by atoms with E-state index in [9.17, 15) is 4.79 Å². The Kier molecular flexibility index (Phi) is 4.14. The Labute approximate surface area is 86.0 Å². The molecule has 1 rings (SSSR count). The van der Waals surface area contributed by atoms with Crippen LogP contribution in [0.5, 0.6) is 0 Å². The Hall–Kier alpha value is -0.830. The molecular weight excluding hydrogens is 176 g/mol. The molecule has 3 nitrogen and oxygen atoms in total. The molecule has 0 aromatic heterocycles. The number of rotatable bonds is 5. The molecule has 14 heavy (non-hydrogen) atoms. The van der Waals surface area contributed by atoms with Gasteiger partial charge in [-0.25, -0.2) is 0 Å². The minimum absolute atomic E-state index is 0.152. The van der Waals surface area contributed by atoms with Crippen molar-refractivity contribution in [2.45, 2.75) is 38.1 Å². The lowest BCUT2D eigenvalue weighted by Crippen LogP contribution is -2.53. The van der Waals surface area contributed by atoms with E-state index in [1.165, 1.54) is 0 Å². The van der Waals surface area contributed by atoms with E-state index in [1.54, 1.807) is 0 Å². The van der Waals surface area contributed by atoms with Crippen LogP contribution >= 0.6 is 0 Å². The van der Waals surface area contributed by atoms with Crippen molar-refractivity contribution < 1.29 is 4.79 Å². The van der Waals surface area contributed by atoms with Crippen LogP contribution in [-0.2, 0) is 4.79 Å². The number of amides is 1. The summed E-state index contributed by atoms with van der Waals surface area (Å²) in [4.78, 5) is 11.9. The van der Waals surface area contributed by atoms with Crippen molar-refractivity contribution in [3.05, 3.63) is 12.7 Å². The van der Waals surface area contributed by atoms with Gasteiger partial charge in [-0.2, -0.15) is 0 Å². The minimum atomic E-state index is -0.291. The first-order chi connectivity index (χ1) is 6.75. The highest BCUT2D eigenvalue weighted by Gasteiger charge is 2.38. The first kappa shape index (κ1) is 11.2. The van der Waals surface area contributed by atoms with Gasteiger partial charge in [0.15, 0.2) is 0 Å². The molecule has 1 unspecified atom stereocenters. The molecule has 0 saturated carbocycles. The molecule has 1 saturated heterocycles. The van der Waals surface area contributed by atoms with Crippen LogP contribution in [0.4, 0.5) is 0 Å². The largest absolute Gasteiger partial charge is 0.354 e. The SMILES string of the molecule is C=CCCNC(=O)C1(CC)CCCN1. The summed E-state index contributed by atoms with van der Waals surface area (Å²) in [5, 5.41) is 6.25. The molecule has 2 N–H and O–H groups in total. The smallest absolute Gasteiger partial charge is 0.240 e. The van der Waals surface area contributed by atoms with E-state index in [2.05, 4.69) is 24.1 Å². The fraction of sp³-hybridized carbons (Fsp3) is 0.727. The fourth-order valence-electron chi connectivity index (χ4n) is 1.92. The molecule has 0 bridgehead atoms. The van der Waals surface area contributed by atoms with Crippen LogP contribution in [0.25, 0.3) is 0 Å². The first-order valence-electron chi connectivity index (χ1n) is 5.39. The number of nitrogens with one attached hydrogen (secondary N) is 2. The van der Waals surface area contributed by atoms with Crippen LogP contribution in [0.1, 0.15) is 32.6 Å². The molecular formula is C11H20N2O. The predicted octanol–water partition coefficient (Wildman–Crippen LogP) is 1.21. The summed E-state index contributed by atoms with van der Waals surface area (Å²) in [6.07, 6.45) is 5.59. The Balaban J connectivity index is 2.43. The molecule has 1 aliphatic rings. The molecule has 1 atom stereocenters. The normalized spacial score (nSPS) is 26.1. The second-order valence-corrected chi connectivity index (χ2v) is 3.80. The first-order valence-corrected chi connectivity index (χ1v) is 5.39. The Morgan fingerprint density at radius 1 is 1.71 bits per heavy atom. The van der Waals surface area contributed by atoms with E-state index in [1.807, 2.05) is 6.08 Å². The van der Waals surface area contributed by atoms with Crippen molar-refractivity contribution in [1.82, 2.24) is 10.6 Å². The predicted molar refractivity (Wildman–Crippen MR) is 58.1 cm³/mol. The summed E-state index contributed by atoms with van der Waals surface area (Å²) < 4.78 is 0. The van der Waals surface area contributed by atoms with Gasteiger partial charge in [0.2, 0.25) is 5.91 Å². The monoisotopic (exact) mass is 196 g/mol. The van der Waals surface area contributed by atoms with Crippen LogP contribution in [0.2, 0.25) is 0 Å². The average molecular weight is 196 g/mol. The molecule has 0 aromatic carbocycles. The molecule has 0 aromatic rings. The van der Waals surface area contributed by atoms with E-state index >= 15 is 0 Å². The van der Waals surface area contributed by atoms with Gasteiger partial charge in [-0.05, 0) is 32.2 Å². The Morgan fingerprint density at radius 3 is 3.00 bits per heavy atom. The molecule has 1 amide bonds. The van der Waals surface area contributed by atoms with Crippen LogP contribution in [0.15, 0.2) is 12.7 Å². The van der Waals surface area contributed by atoms with Gasteiger partial charge >= 0.3 is 0 Å². The van der Waals surface area contributed by atoms with Gasteiger partial charge < -0.3 is 10.6 Å². The molecule has 0 spiro atoms. The molecule has 1 fully saturated rings. The third-order valence-electron chi connectivity index (χ3n) is 2.92. The van der Waals surface area contributed by atoms with Gasteiger partial charge in [0, 0.05) is 6.54 Å². The van der Waals surface area contributed by atoms with Gasteiger partial charge in [0.1, 0.15) is 0 Å². The summed E-state index contributed by atoms with van der Waals surface area (Å²) in [7, 11) is 0. The van der Waals surface area contributed by atoms with Gasteiger partial charge in [-0.1, -0.05) is 13.0 Å². The van der Waals surface area contributed by atoms with Gasteiger partial charge in [0.25, 0.3) is 0 Å². The number of carbonyl (C=O) groups excluding carboxylic acids is 1. The zero-order chi connectivity index (χ0) is 10.4. The van der Waals surface area contributed by atoms with E-state index in [0.717, 1.165) is 32.2 Å². The van der Waals surface area contributed by atoms with Crippen molar-refractivity contribution in [1.29, 1.82) is 0 Å². The number of carbonyl (C=O) groups is 1. The third kappa shape index (κ3) is 2.35. The Bertz CT molecular complexity index is 207. The van der Waals surface area contributed by atoms with Crippen molar-refractivity contribution in [3.63, 3.8) is 0 Å². The fourth-order valence-corrected chi connectivity index (χ4v) is 1.92. The molecule has 1 aliphatic heterocycles. The van der Waals surface area contributed by atoms with Crippen LogP contribution < -0.4 is 10.6 Å². The maximum atomic E-state index is 11.9. The standard InChI is InChI=1S/C11H20N2O/c1-3-5-8-12-10(14)11(4-2)7-6-9-13-11/h3,13H,1,4-9H2,2H3,(H,12,14). The topological polar surface area (TPSA) is 41.1 Å². The lowest BCUT2D eigenvalue weighted by molar-refractivity contribution is -0.127. The van der Waals surface area contributed by atoms with Crippen molar-refractivity contribution in [2.75, 3.05) is 13.1 Å². The molecule has 0 aliphatic carbocycles. The maximum absolute atomic E-state index is 11.9. The average Bonchev–Trinajstić information content (AvgIpc) is 2.67. The highest BCUT2D eigenvalue weighted by atomic mass is 16.2. The summed E-state index contributed by atoms with van der Waals surface area (Å²) >= 11 is 0. The van der Waals surface area contributed by atoms with Crippen LogP contribution in [0.3, 0.4) is 0 Å². The maximum Gasteiger partial charge on any atom is 0.240 e. The van der Waals surface area contributed by atoms with Crippen LogP contribution in [0, 0.1) is 0 Å². The zero-order valence-electron chi connectivity index (χ0n) is 8.94. The molecule has 3 heteroatoms. The molecule has 80 valence electrons. The molecule has 0 radical (unpaired) electrons. The second-order valence-electron chi connectivity index (χ2n) is 3.80. The van der Waals surface area contributed by atoms with Crippen molar-refractivity contribution in [2.24, 2.45) is 0 Å². The zero-order valence-corrected chi connectivity index (χ0v) is 8.94. The second kappa shape index (κ2) is 5.15.